The average molecular weight is 367 g/mol. The number of benzene rings is 1. The van der Waals surface area contributed by atoms with E-state index >= 15 is 0 Å². The van der Waals surface area contributed by atoms with Crippen LogP contribution in [0.4, 0.5) is 0 Å². The molecule has 2 heterocycles. The van der Waals surface area contributed by atoms with Gasteiger partial charge in [-0.3, -0.25) is 14.6 Å². The minimum absolute atomic E-state index is 0.00107. The quantitative estimate of drug-likeness (QED) is 0.814. The SMILES string of the molecule is COc1ccc(CNC(=O)C2CCC(=O)N(CCc3ccccn3)C2)cc1. The predicted octanol–water partition coefficient (Wildman–Crippen LogP) is 2.19. The number of nitrogens with one attached hydrogen (secondary N) is 1. The van der Waals surface area contributed by atoms with Crippen molar-refractivity contribution in [1.82, 2.24) is 15.2 Å². The molecule has 2 amide bonds. The van der Waals surface area contributed by atoms with Crippen LogP contribution in [0.1, 0.15) is 24.1 Å². The molecule has 1 atom stereocenters. The Hall–Kier alpha value is -2.89. The molecule has 2 aromatic rings. The minimum atomic E-state index is -0.162. The molecule has 1 aliphatic heterocycles. The van der Waals surface area contributed by atoms with Crippen LogP contribution in [-0.4, -0.2) is 41.9 Å². The number of amides is 2. The zero-order chi connectivity index (χ0) is 19.1. The number of carbonyl (C=O) groups excluding carboxylic acids is 2. The van der Waals surface area contributed by atoms with Gasteiger partial charge in [-0.25, -0.2) is 0 Å². The van der Waals surface area contributed by atoms with Crippen molar-refractivity contribution < 1.29 is 14.3 Å². The number of ether oxygens (including phenoxy) is 1. The van der Waals surface area contributed by atoms with Gasteiger partial charge >= 0.3 is 0 Å². The topological polar surface area (TPSA) is 71.5 Å². The molecule has 1 aromatic heterocycles. The fourth-order valence-corrected chi connectivity index (χ4v) is 3.22. The molecule has 27 heavy (non-hydrogen) atoms. The van der Waals surface area contributed by atoms with E-state index in [9.17, 15) is 9.59 Å². The van der Waals surface area contributed by atoms with Crippen LogP contribution >= 0.6 is 0 Å². The highest BCUT2D eigenvalue weighted by Crippen LogP contribution is 2.19. The third-order valence-electron chi connectivity index (χ3n) is 4.86. The number of rotatable bonds is 7. The lowest BCUT2D eigenvalue weighted by Gasteiger charge is -2.32. The Morgan fingerprint density at radius 2 is 2.07 bits per heavy atom. The molecule has 3 rings (SSSR count). The predicted molar refractivity (Wildman–Crippen MR) is 102 cm³/mol. The zero-order valence-corrected chi connectivity index (χ0v) is 15.6. The third-order valence-corrected chi connectivity index (χ3v) is 4.86. The van der Waals surface area contributed by atoms with Crippen LogP contribution in [0, 0.1) is 5.92 Å². The summed E-state index contributed by atoms with van der Waals surface area (Å²) in [7, 11) is 1.63. The summed E-state index contributed by atoms with van der Waals surface area (Å²) in [6.07, 6.45) is 3.48. The Labute approximate surface area is 159 Å². The van der Waals surface area contributed by atoms with Crippen molar-refractivity contribution in [2.45, 2.75) is 25.8 Å². The summed E-state index contributed by atoms with van der Waals surface area (Å²) in [4.78, 5) is 30.8. The van der Waals surface area contributed by atoms with E-state index in [2.05, 4.69) is 10.3 Å². The van der Waals surface area contributed by atoms with Gasteiger partial charge in [0, 0.05) is 44.4 Å². The number of pyridine rings is 1. The molecule has 6 heteroatoms. The Bertz CT molecular complexity index is 762. The normalized spacial score (nSPS) is 16.9. The first kappa shape index (κ1) is 18.9. The van der Waals surface area contributed by atoms with Crippen molar-refractivity contribution in [3.05, 3.63) is 59.9 Å². The molecule has 1 aromatic carbocycles. The molecular weight excluding hydrogens is 342 g/mol. The largest absolute Gasteiger partial charge is 0.497 e. The van der Waals surface area contributed by atoms with Gasteiger partial charge in [-0.2, -0.15) is 0 Å². The van der Waals surface area contributed by atoms with E-state index in [4.69, 9.17) is 4.74 Å². The molecule has 1 unspecified atom stereocenters. The van der Waals surface area contributed by atoms with Crippen LogP contribution in [0.3, 0.4) is 0 Å². The first-order chi connectivity index (χ1) is 13.2. The fourth-order valence-electron chi connectivity index (χ4n) is 3.22. The van der Waals surface area contributed by atoms with Crippen molar-refractivity contribution in [3.63, 3.8) is 0 Å². The number of piperidine rings is 1. The van der Waals surface area contributed by atoms with E-state index in [0.717, 1.165) is 17.0 Å². The Morgan fingerprint density at radius 1 is 1.26 bits per heavy atom. The second kappa shape index (κ2) is 9.16. The molecule has 1 saturated heterocycles. The first-order valence-electron chi connectivity index (χ1n) is 9.24. The summed E-state index contributed by atoms with van der Waals surface area (Å²) in [5.74, 6) is 0.746. The van der Waals surface area contributed by atoms with Gasteiger partial charge in [0.25, 0.3) is 0 Å². The highest BCUT2D eigenvalue weighted by molar-refractivity contribution is 5.83. The van der Waals surface area contributed by atoms with Crippen LogP contribution in [0.25, 0.3) is 0 Å². The van der Waals surface area contributed by atoms with Crippen molar-refractivity contribution in [1.29, 1.82) is 0 Å². The first-order valence-corrected chi connectivity index (χ1v) is 9.24. The summed E-state index contributed by atoms with van der Waals surface area (Å²) in [5.41, 5.74) is 1.97. The average Bonchev–Trinajstić information content (AvgIpc) is 2.72. The van der Waals surface area contributed by atoms with Crippen LogP contribution in [0.5, 0.6) is 5.75 Å². The van der Waals surface area contributed by atoms with Gasteiger partial charge in [0.05, 0.1) is 13.0 Å². The number of aromatic nitrogens is 1. The summed E-state index contributed by atoms with van der Waals surface area (Å²) in [5, 5.41) is 2.99. The van der Waals surface area contributed by atoms with E-state index in [0.29, 0.717) is 38.9 Å². The van der Waals surface area contributed by atoms with Crippen LogP contribution in [-0.2, 0) is 22.6 Å². The van der Waals surface area contributed by atoms with E-state index in [1.807, 2.05) is 42.5 Å². The highest BCUT2D eigenvalue weighted by atomic mass is 16.5. The Kier molecular flexibility index (Phi) is 6.41. The molecule has 6 nitrogen and oxygen atoms in total. The smallest absolute Gasteiger partial charge is 0.225 e. The van der Waals surface area contributed by atoms with E-state index in [1.54, 1.807) is 18.2 Å². The van der Waals surface area contributed by atoms with Gasteiger partial charge in [0.1, 0.15) is 5.75 Å². The monoisotopic (exact) mass is 367 g/mol. The maximum absolute atomic E-state index is 12.5. The lowest BCUT2D eigenvalue weighted by Crippen LogP contribution is -2.46. The second-order valence-corrected chi connectivity index (χ2v) is 6.71. The number of hydrogen-bond donors (Lipinski definition) is 1. The molecule has 1 N–H and O–H groups in total. The van der Waals surface area contributed by atoms with Crippen LogP contribution < -0.4 is 10.1 Å². The van der Waals surface area contributed by atoms with Gasteiger partial charge < -0.3 is 15.0 Å². The summed E-state index contributed by atoms with van der Waals surface area (Å²) < 4.78 is 5.14. The van der Waals surface area contributed by atoms with Crippen LogP contribution in [0.15, 0.2) is 48.7 Å². The summed E-state index contributed by atoms with van der Waals surface area (Å²) >= 11 is 0. The van der Waals surface area contributed by atoms with E-state index in [-0.39, 0.29) is 17.7 Å². The molecule has 1 aliphatic rings. The number of hydrogen-bond acceptors (Lipinski definition) is 4. The number of nitrogens with zero attached hydrogens (tertiary/aromatic N) is 2. The Morgan fingerprint density at radius 3 is 2.78 bits per heavy atom. The lowest BCUT2D eigenvalue weighted by atomic mass is 9.96. The third kappa shape index (κ3) is 5.29. The fraction of sp³-hybridized carbons (Fsp3) is 0.381. The molecule has 0 spiro atoms. The summed E-state index contributed by atoms with van der Waals surface area (Å²) in [6, 6.07) is 13.4. The number of carbonyl (C=O) groups is 2. The van der Waals surface area contributed by atoms with E-state index in [1.165, 1.54) is 0 Å². The van der Waals surface area contributed by atoms with Gasteiger partial charge in [-0.05, 0) is 36.2 Å². The van der Waals surface area contributed by atoms with Crippen molar-refractivity contribution >= 4 is 11.8 Å². The Balaban J connectivity index is 1.49. The second-order valence-electron chi connectivity index (χ2n) is 6.71. The molecular formula is C21H25N3O3. The van der Waals surface area contributed by atoms with Crippen molar-refractivity contribution in [2.75, 3.05) is 20.2 Å². The molecule has 0 saturated carbocycles. The van der Waals surface area contributed by atoms with Gasteiger partial charge in [-0.1, -0.05) is 18.2 Å². The van der Waals surface area contributed by atoms with Gasteiger partial charge in [0.15, 0.2) is 0 Å². The molecule has 0 bridgehead atoms. The number of likely N-dealkylation sites (tertiary alicyclic amines) is 1. The van der Waals surface area contributed by atoms with Crippen molar-refractivity contribution in [3.8, 4) is 5.75 Å². The minimum Gasteiger partial charge on any atom is -0.497 e. The standard InChI is InChI=1S/C21H25N3O3/c1-27-19-8-5-16(6-9-19)14-23-21(26)17-7-10-20(25)24(15-17)13-11-18-4-2-3-12-22-18/h2-6,8-9,12,17H,7,10-11,13-15H2,1H3,(H,23,26). The van der Waals surface area contributed by atoms with Crippen molar-refractivity contribution in [2.24, 2.45) is 5.92 Å². The molecule has 0 radical (unpaired) electrons. The maximum atomic E-state index is 12.5. The summed E-state index contributed by atoms with van der Waals surface area (Å²) in [6.45, 7) is 1.54. The van der Waals surface area contributed by atoms with E-state index < -0.39 is 0 Å². The highest BCUT2D eigenvalue weighted by Gasteiger charge is 2.29. The van der Waals surface area contributed by atoms with Crippen LogP contribution in [0.2, 0.25) is 0 Å². The van der Waals surface area contributed by atoms with Gasteiger partial charge in [0.2, 0.25) is 11.8 Å². The lowest BCUT2D eigenvalue weighted by molar-refractivity contribution is -0.138. The molecule has 142 valence electrons. The number of methoxy groups -OCH3 is 1. The maximum Gasteiger partial charge on any atom is 0.225 e. The molecule has 1 fully saturated rings. The van der Waals surface area contributed by atoms with Gasteiger partial charge in [-0.15, -0.1) is 0 Å². The molecule has 0 aliphatic carbocycles. The zero-order valence-electron chi connectivity index (χ0n) is 15.6.